The Morgan fingerprint density at radius 2 is 1.60 bits per heavy atom. The first-order valence-electron chi connectivity index (χ1n) is 10.7. The van der Waals surface area contributed by atoms with E-state index < -0.39 is 0 Å². The number of fused-ring (bicyclic) bond motifs is 1. The summed E-state index contributed by atoms with van der Waals surface area (Å²) in [6.45, 7) is 1.19. The van der Waals surface area contributed by atoms with Gasteiger partial charge in [-0.1, -0.05) is 42.1 Å². The summed E-state index contributed by atoms with van der Waals surface area (Å²) in [5.74, 6) is 0.558. The van der Waals surface area contributed by atoms with Crippen molar-refractivity contribution in [2.75, 3.05) is 6.54 Å². The van der Waals surface area contributed by atoms with Gasteiger partial charge in [0.25, 0.3) is 11.8 Å². The minimum Gasteiger partial charge on any atom is -0.348 e. The van der Waals surface area contributed by atoms with Crippen LogP contribution in [0.2, 0.25) is 10.0 Å². The molecule has 2 fully saturated rings. The number of halogens is 2. The second-order valence-electron chi connectivity index (χ2n) is 8.26. The monoisotopic (exact) mass is 444 g/mol. The molecule has 2 aliphatic rings. The summed E-state index contributed by atoms with van der Waals surface area (Å²) in [5, 5.41) is 3.82. The van der Waals surface area contributed by atoms with Crippen LogP contribution in [-0.4, -0.2) is 29.3 Å². The first-order chi connectivity index (χ1) is 14.5. The predicted molar refractivity (Wildman–Crippen MR) is 120 cm³/mol. The average molecular weight is 445 g/mol. The Morgan fingerprint density at radius 3 is 2.37 bits per heavy atom. The van der Waals surface area contributed by atoms with Crippen molar-refractivity contribution in [1.82, 2.24) is 10.2 Å². The lowest BCUT2D eigenvalue weighted by atomic mass is 9.78. The van der Waals surface area contributed by atoms with Crippen molar-refractivity contribution in [3.8, 4) is 0 Å². The van der Waals surface area contributed by atoms with Crippen LogP contribution in [0.1, 0.15) is 64.8 Å². The Hall–Kier alpha value is -2.04. The lowest BCUT2D eigenvalue weighted by molar-refractivity contribution is 0.0390. The number of carbonyl (C=O) groups excluding carboxylic acids is 2. The number of hydrogen-bond acceptors (Lipinski definition) is 2. The normalized spacial score (nSPS) is 21.1. The number of amides is 2. The van der Waals surface area contributed by atoms with Gasteiger partial charge in [0.15, 0.2) is 0 Å². The molecule has 4 rings (SSSR count). The Bertz CT molecular complexity index is 927. The Balaban J connectivity index is 1.38. The SMILES string of the molecule is O=C(NCc1ccc(Cl)c(Cl)c1)c1ccc(C(=O)N2CCC[C@@H]3CCCC[C@@H]32)cc1. The molecule has 30 heavy (non-hydrogen) atoms. The molecule has 0 aromatic heterocycles. The number of nitrogens with one attached hydrogen (secondary N) is 1. The van der Waals surface area contributed by atoms with Crippen LogP contribution in [0.3, 0.4) is 0 Å². The van der Waals surface area contributed by atoms with Crippen LogP contribution in [0.25, 0.3) is 0 Å². The molecule has 0 unspecified atom stereocenters. The third kappa shape index (κ3) is 4.65. The largest absolute Gasteiger partial charge is 0.348 e. The molecular formula is C24H26Cl2N2O2. The van der Waals surface area contributed by atoms with Crippen molar-refractivity contribution in [3.05, 3.63) is 69.2 Å². The summed E-state index contributed by atoms with van der Waals surface area (Å²) >= 11 is 11.9. The number of benzene rings is 2. The van der Waals surface area contributed by atoms with Gasteiger partial charge in [-0.05, 0) is 73.6 Å². The molecule has 1 aliphatic carbocycles. The minimum absolute atomic E-state index is 0.0920. The highest BCUT2D eigenvalue weighted by Crippen LogP contribution is 2.36. The lowest BCUT2D eigenvalue weighted by Gasteiger charge is -2.44. The Morgan fingerprint density at radius 1 is 0.900 bits per heavy atom. The van der Waals surface area contributed by atoms with Crippen LogP contribution in [0.5, 0.6) is 0 Å². The minimum atomic E-state index is -0.189. The van der Waals surface area contributed by atoms with Gasteiger partial charge in [-0.3, -0.25) is 9.59 Å². The van der Waals surface area contributed by atoms with Crippen LogP contribution in [0.4, 0.5) is 0 Å². The van der Waals surface area contributed by atoms with E-state index >= 15 is 0 Å². The third-order valence-electron chi connectivity index (χ3n) is 6.34. The molecule has 1 heterocycles. The molecule has 1 N–H and O–H groups in total. The van der Waals surface area contributed by atoms with Crippen molar-refractivity contribution in [3.63, 3.8) is 0 Å². The van der Waals surface area contributed by atoms with Gasteiger partial charge in [0.1, 0.15) is 0 Å². The fraction of sp³-hybridized carbons (Fsp3) is 0.417. The van der Waals surface area contributed by atoms with Gasteiger partial charge in [0, 0.05) is 30.3 Å². The smallest absolute Gasteiger partial charge is 0.254 e. The van der Waals surface area contributed by atoms with E-state index in [0.717, 1.165) is 24.9 Å². The van der Waals surface area contributed by atoms with Gasteiger partial charge < -0.3 is 10.2 Å². The molecule has 158 valence electrons. The summed E-state index contributed by atoms with van der Waals surface area (Å²) in [7, 11) is 0. The topological polar surface area (TPSA) is 49.4 Å². The van der Waals surface area contributed by atoms with Gasteiger partial charge in [0.2, 0.25) is 0 Å². The quantitative estimate of drug-likeness (QED) is 0.655. The molecule has 2 aromatic rings. The first-order valence-corrected chi connectivity index (χ1v) is 11.4. The molecule has 0 radical (unpaired) electrons. The first kappa shape index (κ1) is 21.2. The molecular weight excluding hydrogens is 419 g/mol. The van der Waals surface area contributed by atoms with Crippen molar-refractivity contribution in [2.45, 2.75) is 51.1 Å². The lowest BCUT2D eigenvalue weighted by Crippen LogP contribution is -2.49. The van der Waals surface area contributed by atoms with Crippen molar-refractivity contribution in [1.29, 1.82) is 0 Å². The van der Waals surface area contributed by atoms with E-state index in [1.807, 2.05) is 6.07 Å². The van der Waals surface area contributed by atoms with E-state index in [4.69, 9.17) is 23.2 Å². The van der Waals surface area contributed by atoms with Crippen molar-refractivity contribution < 1.29 is 9.59 Å². The molecule has 1 aliphatic heterocycles. The molecule has 1 saturated heterocycles. The molecule has 0 spiro atoms. The van der Waals surface area contributed by atoms with Gasteiger partial charge in [-0.15, -0.1) is 0 Å². The van der Waals surface area contributed by atoms with E-state index in [9.17, 15) is 9.59 Å². The summed E-state index contributed by atoms with van der Waals surface area (Å²) in [4.78, 5) is 27.7. The van der Waals surface area contributed by atoms with Gasteiger partial charge >= 0.3 is 0 Å². The van der Waals surface area contributed by atoms with Crippen LogP contribution in [0.15, 0.2) is 42.5 Å². The highest BCUT2D eigenvalue weighted by atomic mass is 35.5. The fourth-order valence-corrected chi connectivity index (χ4v) is 5.06. The van der Waals surface area contributed by atoms with E-state index in [0.29, 0.717) is 39.7 Å². The van der Waals surface area contributed by atoms with Gasteiger partial charge in [-0.25, -0.2) is 0 Å². The van der Waals surface area contributed by atoms with Crippen LogP contribution >= 0.6 is 23.2 Å². The van der Waals surface area contributed by atoms with Gasteiger partial charge in [0.05, 0.1) is 10.0 Å². The van der Waals surface area contributed by atoms with E-state index in [-0.39, 0.29) is 11.8 Å². The molecule has 2 aromatic carbocycles. The zero-order valence-corrected chi connectivity index (χ0v) is 18.4. The Kier molecular flexibility index (Phi) is 6.64. The molecule has 2 amide bonds. The van der Waals surface area contributed by atoms with Crippen LogP contribution < -0.4 is 5.32 Å². The van der Waals surface area contributed by atoms with Crippen LogP contribution in [0, 0.1) is 5.92 Å². The standard InChI is InChI=1S/C24H26Cl2N2O2/c25-20-12-7-16(14-21(20)26)15-27-23(29)18-8-10-19(11-9-18)24(30)28-13-3-5-17-4-1-2-6-22(17)28/h7-12,14,17,22H,1-6,13,15H2,(H,27,29)/t17-,22-/m0/s1. The zero-order valence-electron chi connectivity index (χ0n) is 16.9. The van der Waals surface area contributed by atoms with Crippen LogP contribution in [-0.2, 0) is 6.54 Å². The van der Waals surface area contributed by atoms with Crippen molar-refractivity contribution >= 4 is 35.0 Å². The number of rotatable bonds is 4. The highest BCUT2D eigenvalue weighted by molar-refractivity contribution is 6.42. The summed E-state index contributed by atoms with van der Waals surface area (Å²) in [6, 6.07) is 12.6. The Labute approximate surface area is 187 Å². The van der Waals surface area contributed by atoms with E-state index in [1.54, 1.807) is 36.4 Å². The third-order valence-corrected chi connectivity index (χ3v) is 7.07. The maximum atomic E-state index is 13.1. The maximum Gasteiger partial charge on any atom is 0.254 e. The highest BCUT2D eigenvalue weighted by Gasteiger charge is 2.35. The summed E-state index contributed by atoms with van der Waals surface area (Å²) in [6.07, 6.45) is 7.19. The molecule has 4 nitrogen and oxygen atoms in total. The second-order valence-corrected chi connectivity index (χ2v) is 9.08. The maximum absolute atomic E-state index is 13.1. The van der Waals surface area contributed by atoms with E-state index in [2.05, 4.69) is 10.2 Å². The molecule has 1 saturated carbocycles. The second kappa shape index (κ2) is 9.40. The van der Waals surface area contributed by atoms with Gasteiger partial charge in [-0.2, -0.15) is 0 Å². The van der Waals surface area contributed by atoms with Crippen molar-refractivity contribution in [2.24, 2.45) is 5.92 Å². The number of hydrogen-bond donors (Lipinski definition) is 1. The average Bonchev–Trinajstić information content (AvgIpc) is 2.79. The number of carbonyl (C=O) groups is 2. The summed E-state index contributed by atoms with van der Waals surface area (Å²) < 4.78 is 0. The van der Waals surface area contributed by atoms with E-state index in [1.165, 1.54) is 25.7 Å². The predicted octanol–water partition coefficient (Wildman–Crippen LogP) is 5.72. The summed E-state index contributed by atoms with van der Waals surface area (Å²) in [5.41, 5.74) is 2.06. The number of likely N-dealkylation sites (tertiary alicyclic amines) is 1. The molecule has 2 atom stereocenters. The molecule has 0 bridgehead atoms. The molecule has 6 heteroatoms. The fourth-order valence-electron chi connectivity index (χ4n) is 4.74. The number of piperidine rings is 1. The number of nitrogens with zero attached hydrogens (tertiary/aromatic N) is 1. The zero-order chi connectivity index (χ0) is 21.1.